The van der Waals surface area contributed by atoms with Crippen LogP contribution in [0.15, 0.2) is 30.5 Å². The molecular weight excluding hydrogens is 499 g/mol. The maximum atomic E-state index is 12.8. The molecule has 1 unspecified atom stereocenters. The van der Waals surface area contributed by atoms with Crippen molar-refractivity contribution in [2.45, 2.75) is 45.8 Å². The number of benzene rings is 1. The number of hydrogen-bond donors (Lipinski definition) is 3. The molecule has 0 saturated carbocycles. The van der Waals surface area contributed by atoms with Crippen molar-refractivity contribution in [1.29, 1.82) is 0 Å². The smallest absolute Gasteiger partial charge is 0.430 e. The third-order valence-electron chi connectivity index (χ3n) is 4.48. The number of phenols is 1. The number of methoxy groups -OCH3 is 1. The molecule has 35 heavy (non-hydrogen) atoms. The van der Waals surface area contributed by atoms with Gasteiger partial charge in [0.05, 0.1) is 36.2 Å². The number of amides is 2. The molecule has 0 fully saturated rings. The zero-order chi connectivity index (χ0) is 26.3. The lowest BCUT2D eigenvalue weighted by Crippen LogP contribution is -2.50. The minimum absolute atomic E-state index is 0.0450. The van der Waals surface area contributed by atoms with E-state index in [0.717, 1.165) is 10.6 Å². The van der Waals surface area contributed by atoms with Crippen LogP contribution in [0.1, 0.15) is 44.4 Å². The van der Waals surface area contributed by atoms with Gasteiger partial charge >= 0.3 is 12.1 Å². The van der Waals surface area contributed by atoms with Crippen LogP contribution in [0, 0.1) is 6.92 Å². The predicted molar refractivity (Wildman–Crippen MR) is 131 cm³/mol. The van der Waals surface area contributed by atoms with E-state index >= 15 is 0 Å². The van der Waals surface area contributed by atoms with Gasteiger partial charge in [-0.2, -0.15) is 5.01 Å². The van der Waals surface area contributed by atoms with Gasteiger partial charge < -0.3 is 19.9 Å². The van der Waals surface area contributed by atoms with Crippen LogP contribution in [0.2, 0.25) is 10.0 Å². The number of hydrazine groups is 1. The molecule has 12 heteroatoms. The first-order valence-electron chi connectivity index (χ1n) is 10.5. The zero-order valence-corrected chi connectivity index (χ0v) is 21.5. The highest BCUT2D eigenvalue weighted by Gasteiger charge is 2.26. The maximum absolute atomic E-state index is 12.8. The topological polar surface area (TPSA) is 130 Å². The van der Waals surface area contributed by atoms with Crippen LogP contribution in [0.5, 0.6) is 5.75 Å². The average Bonchev–Trinajstić information content (AvgIpc) is 2.75. The number of phenolic OH excluding ortho intramolecular Hbond substituents is 1. The number of aromatic nitrogens is 1. The monoisotopic (exact) mass is 526 g/mol. The van der Waals surface area contributed by atoms with Gasteiger partial charge in [0.1, 0.15) is 5.60 Å². The number of nitrogens with zero attached hydrogens (tertiary/aromatic N) is 2. The first-order chi connectivity index (χ1) is 16.3. The van der Waals surface area contributed by atoms with Crippen LogP contribution >= 0.6 is 23.2 Å². The molecule has 3 N–H and O–H groups in total. The first kappa shape index (κ1) is 28.2. The Balaban J connectivity index is 2.22. The fraction of sp³-hybridized carbons (Fsp3) is 0.391. The highest BCUT2D eigenvalue weighted by atomic mass is 35.5. The molecule has 0 saturated heterocycles. The Hall–Kier alpha value is -3.08. The number of carbonyl (C=O) groups is 3. The van der Waals surface area contributed by atoms with Gasteiger partial charge in [0, 0.05) is 6.20 Å². The van der Waals surface area contributed by atoms with Crippen molar-refractivity contribution in [3.63, 3.8) is 0 Å². The van der Waals surface area contributed by atoms with Gasteiger partial charge in [-0.15, -0.1) is 0 Å². The van der Waals surface area contributed by atoms with E-state index in [-0.39, 0.29) is 34.6 Å². The molecule has 0 bridgehead atoms. The van der Waals surface area contributed by atoms with Crippen LogP contribution in [-0.4, -0.2) is 47.3 Å². The number of nitrogens with one attached hydrogen (secondary N) is 2. The Morgan fingerprint density at radius 3 is 2.34 bits per heavy atom. The number of aromatic hydroxyl groups is 1. The lowest BCUT2D eigenvalue weighted by molar-refractivity contribution is -0.141. The second kappa shape index (κ2) is 12.1. The lowest BCUT2D eigenvalue weighted by Gasteiger charge is -2.27. The highest BCUT2D eigenvalue weighted by molar-refractivity contribution is 6.37. The predicted octanol–water partition coefficient (Wildman–Crippen LogP) is 4.07. The summed E-state index contributed by atoms with van der Waals surface area (Å²) in [7, 11) is 1.22. The van der Waals surface area contributed by atoms with Crippen molar-refractivity contribution in [2.75, 3.05) is 18.7 Å². The van der Waals surface area contributed by atoms with Crippen molar-refractivity contribution in [2.24, 2.45) is 0 Å². The summed E-state index contributed by atoms with van der Waals surface area (Å²) in [6, 6.07) is 5.30. The second-order valence-electron chi connectivity index (χ2n) is 8.58. The highest BCUT2D eigenvalue weighted by Crippen LogP contribution is 2.35. The lowest BCUT2D eigenvalue weighted by atomic mass is 10.0. The Labute approximate surface area is 213 Å². The molecule has 2 aromatic rings. The molecule has 1 aromatic heterocycles. The molecule has 1 atom stereocenters. The van der Waals surface area contributed by atoms with Gasteiger partial charge in [0.2, 0.25) is 5.91 Å². The Kier molecular flexibility index (Phi) is 9.70. The molecule has 0 aliphatic heterocycles. The quantitative estimate of drug-likeness (QED) is 0.346. The summed E-state index contributed by atoms with van der Waals surface area (Å²) in [6.07, 6.45) is 0.537. The molecule has 0 radical (unpaired) electrons. The third-order valence-corrected chi connectivity index (χ3v) is 5.06. The number of esters is 1. The first-order valence-corrected chi connectivity index (χ1v) is 11.3. The van der Waals surface area contributed by atoms with Crippen molar-refractivity contribution < 1.29 is 29.0 Å². The van der Waals surface area contributed by atoms with Crippen molar-refractivity contribution >= 4 is 47.0 Å². The molecule has 2 amide bonds. The summed E-state index contributed by atoms with van der Waals surface area (Å²) in [6.45, 7) is 6.60. The number of pyridine rings is 1. The fourth-order valence-corrected chi connectivity index (χ4v) is 3.38. The Bertz CT molecular complexity index is 1070. The molecule has 0 aliphatic carbocycles. The molecule has 0 spiro atoms. The molecule has 10 nitrogen and oxygen atoms in total. The number of ether oxygens (including phenoxy) is 2. The Morgan fingerprint density at radius 1 is 1.17 bits per heavy atom. The summed E-state index contributed by atoms with van der Waals surface area (Å²) < 4.78 is 10.1. The fourth-order valence-electron chi connectivity index (χ4n) is 2.87. The minimum Gasteiger partial charge on any atom is -0.505 e. The summed E-state index contributed by atoms with van der Waals surface area (Å²) in [5.74, 6) is -1.25. The normalized spacial score (nSPS) is 12.0. The SMILES string of the molecule is COC(=O)CC(NC(=O)CNN(C(=O)OC(C)(C)C)c1cc(C)ccn1)c1cc(Cl)c(O)c(Cl)c1. The Morgan fingerprint density at radius 2 is 1.80 bits per heavy atom. The largest absolute Gasteiger partial charge is 0.505 e. The third kappa shape index (κ3) is 8.57. The van der Waals surface area contributed by atoms with Crippen LogP contribution in [0.25, 0.3) is 0 Å². The van der Waals surface area contributed by atoms with E-state index in [4.69, 9.17) is 32.7 Å². The van der Waals surface area contributed by atoms with Gasteiger partial charge in [-0.3, -0.25) is 9.59 Å². The molecule has 1 heterocycles. The number of halogens is 2. The number of carbonyl (C=O) groups excluding carboxylic acids is 3. The summed E-state index contributed by atoms with van der Waals surface area (Å²) in [4.78, 5) is 41.7. The van der Waals surface area contributed by atoms with Crippen molar-refractivity contribution in [3.8, 4) is 5.75 Å². The average molecular weight is 527 g/mol. The van der Waals surface area contributed by atoms with Crippen molar-refractivity contribution in [3.05, 3.63) is 51.6 Å². The maximum Gasteiger partial charge on any atom is 0.430 e. The molecular formula is C23H28Cl2N4O6. The van der Waals surface area contributed by atoms with E-state index in [9.17, 15) is 19.5 Å². The van der Waals surface area contributed by atoms with Gasteiger partial charge in [-0.25, -0.2) is 15.2 Å². The van der Waals surface area contributed by atoms with Gasteiger partial charge in [-0.05, 0) is 63.1 Å². The van der Waals surface area contributed by atoms with Crippen LogP contribution < -0.4 is 15.8 Å². The summed E-state index contributed by atoms with van der Waals surface area (Å²) in [5.41, 5.74) is 3.15. The number of hydrogen-bond acceptors (Lipinski definition) is 8. The zero-order valence-electron chi connectivity index (χ0n) is 20.0. The van der Waals surface area contributed by atoms with E-state index < -0.39 is 29.6 Å². The van der Waals surface area contributed by atoms with Crippen LogP contribution in [0.4, 0.5) is 10.6 Å². The summed E-state index contributed by atoms with van der Waals surface area (Å²) >= 11 is 12.0. The number of rotatable bonds is 8. The number of aryl methyl sites for hydroxylation is 1. The van der Waals surface area contributed by atoms with Crippen molar-refractivity contribution in [1.82, 2.24) is 15.7 Å². The van der Waals surface area contributed by atoms with Gasteiger partial charge in [0.25, 0.3) is 0 Å². The standard InChI is InChI=1S/C23H28Cl2N4O6/c1-13-6-7-26-18(8-13)29(22(33)35-23(2,3)4)27-12-19(30)28-17(11-20(31)34-5)14-9-15(24)21(32)16(25)10-14/h6-10,17,27,32H,11-12H2,1-5H3,(H,28,30). The molecule has 1 aromatic carbocycles. The van der Waals surface area contributed by atoms with E-state index in [1.165, 1.54) is 25.4 Å². The van der Waals surface area contributed by atoms with E-state index in [0.29, 0.717) is 5.56 Å². The van der Waals surface area contributed by atoms with E-state index in [1.807, 2.05) is 6.92 Å². The molecule has 2 rings (SSSR count). The van der Waals surface area contributed by atoms with Gasteiger partial charge in [-0.1, -0.05) is 23.2 Å². The van der Waals surface area contributed by atoms with E-state index in [1.54, 1.807) is 32.9 Å². The van der Waals surface area contributed by atoms with E-state index in [2.05, 4.69) is 15.7 Å². The molecule has 0 aliphatic rings. The summed E-state index contributed by atoms with van der Waals surface area (Å²) in [5, 5.41) is 13.4. The van der Waals surface area contributed by atoms with Gasteiger partial charge in [0.15, 0.2) is 11.6 Å². The molecule has 190 valence electrons. The number of anilines is 1. The second-order valence-corrected chi connectivity index (χ2v) is 9.39. The van der Waals surface area contributed by atoms with Crippen LogP contribution in [0.3, 0.4) is 0 Å². The minimum atomic E-state index is -0.876. The van der Waals surface area contributed by atoms with Crippen LogP contribution in [-0.2, 0) is 19.1 Å².